The van der Waals surface area contributed by atoms with E-state index >= 15 is 0 Å². The molecule has 4 aromatic heterocycles. The molecule has 0 saturated heterocycles. The number of furan rings is 2. The van der Waals surface area contributed by atoms with Crippen molar-refractivity contribution in [2.24, 2.45) is 0 Å². The summed E-state index contributed by atoms with van der Waals surface area (Å²) in [4.78, 5) is 4.60. The molecule has 0 aliphatic carbocycles. The molecule has 7 rings (SSSR count). The molecule has 4 heterocycles. The van der Waals surface area contributed by atoms with Crippen LogP contribution in [-0.4, -0.2) is 14.6 Å². The van der Waals surface area contributed by atoms with Gasteiger partial charge in [-0.25, -0.2) is 4.52 Å². The van der Waals surface area contributed by atoms with E-state index < -0.39 is 0 Å². The molecule has 3 aromatic carbocycles. The zero-order chi connectivity index (χ0) is 18.9. The number of benzene rings is 3. The van der Waals surface area contributed by atoms with Crippen LogP contribution < -0.4 is 0 Å². The van der Waals surface area contributed by atoms with Crippen LogP contribution in [0.3, 0.4) is 0 Å². The molecule has 0 amide bonds. The lowest BCUT2D eigenvalue weighted by atomic mass is 9.98. The number of hydrogen-bond donors (Lipinski definition) is 0. The summed E-state index contributed by atoms with van der Waals surface area (Å²) in [5, 5.41) is 7.64. The molecule has 0 radical (unpaired) electrons. The van der Waals surface area contributed by atoms with Gasteiger partial charge in [-0.1, -0.05) is 42.5 Å². The second-order valence-electron chi connectivity index (χ2n) is 7.12. The normalized spacial score (nSPS) is 12.1. The van der Waals surface area contributed by atoms with Crippen LogP contribution in [0.1, 0.15) is 0 Å². The van der Waals surface area contributed by atoms with Gasteiger partial charge in [0.1, 0.15) is 22.3 Å². The largest absolute Gasteiger partial charge is 0.456 e. The summed E-state index contributed by atoms with van der Waals surface area (Å²) in [5.74, 6) is 0. The Balaban J connectivity index is 1.63. The van der Waals surface area contributed by atoms with E-state index in [0.29, 0.717) is 5.71 Å². The molecule has 0 fully saturated rings. The Labute approximate surface area is 163 Å². The Morgan fingerprint density at radius 3 is 2.52 bits per heavy atom. The molecule has 0 bridgehead atoms. The molecule has 5 heteroatoms. The van der Waals surface area contributed by atoms with Gasteiger partial charge in [-0.05, 0) is 35.9 Å². The highest BCUT2D eigenvalue weighted by molar-refractivity contribution is 6.16. The first-order chi connectivity index (χ1) is 14.4. The van der Waals surface area contributed by atoms with Crippen LogP contribution >= 0.6 is 0 Å². The van der Waals surface area contributed by atoms with Crippen LogP contribution in [0.4, 0.5) is 0 Å². The van der Waals surface area contributed by atoms with E-state index in [0.717, 1.165) is 55.2 Å². The van der Waals surface area contributed by atoms with Gasteiger partial charge in [0.2, 0.25) is 5.71 Å². The van der Waals surface area contributed by atoms with E-state index in [1.54, 1.807) is 6.20 Å². The summed E-state index contributed by atoms with van der Waals surface area (Å²) < 4.78 is 14.2. The van der Waals surface area contributed by atoms with Gasteiger partial charge in [0, 0.05) is 27.9 Å². The fraction of sp³-hybridized carbons (Fsp3) is 0. The maximum atomic E-state index is 6.26. The van der Waals surface area contributed by atoms with E-state index in [-0.39, 0.29) is 0 Å². The van der Waals surface area contributed by atoms with Gasteiger partial charge in [0.15, 0.2) is 5.65 Å². The molecule has 0 aliphatic rings. The lowest BCUT2D eigenvalue weighted by Crippen LogP contribution is -1.89. The summed E-state index contributed by atoms with van der Waals surface area (Å²) in [7, 11) is 0. The van der Waals surface area contributed by atoms with Crippen LogP contribution in [0.2, 0.25) is 0 Å². The molecule has 5 nitrogen and oxygen atoms in total. The summed E-state index contributed by atoms with van der Waals surface area (Å²) in [6, 6.07) is 24.3. The summed E-state index contributed by atoms with van der Waals surface area (Å²) in [5.41, 5.74) is 6.91. The number of aromatic nitrogens is 3. The molecular formula is C24H13N3O2. The average molecular weight is 375 g/mol. The average Bonchev–Trinajstić information content (AvgIpc) is 3.42. The van der Waals surface area contributed by atoms with E-state index in [2.05, 4.69) is 40.4 Å². The Morgan fingerprint density at radius 2 is 1.52 bits per heavy atom. The third kappa shape index (κ3) is 1.88. The monoisotopic (exact) mass is 375 g/mol. The summed E-state index contributed by atoms with van der Waals surface area (Å²) in [6.07, 6.45) is 1.76. The van der Waals surface area contributed by atoms with E-state index in [1.807, 2.05) is 47.0 Å². The van der Waals surface area contributed by atoms with Crippen LogP contribution in [-0.2, 0) is 0 Å². The third-order valence-electron chi connectivity index (χ3n) is 5.52. The molecule has 0 N–H and O–H groups in total. The molecule has 0 aliphatic heterocycles. The van der Waals surface area contributed by atoms with Crippen LogP contribution in [0.15, 0.2) is 87.8 Å². The van der Waals surface area contributed by atoms with Crippen molar-refractivity contribution in [2.45, 2.75) is 0 Å². The number of nitrogens with zero attached hydrogens (tertiary/aromatic N) is 3. The second-order valence-corrected chi connectivity index (χ2v) is 7.12. The predicted octanol–water partition coefficient (Wildman–Crippen LogP) is 6.20. The SMILES string of the molecule is c1ccc2c(c1)oc1cccc(-c3cccc4c3oc3nc5cccnn5c34)c12. The van der Waals surface area contributed by atoms with Crippen molar-refractivity contribution >= 4 is 49.8 Å². The third-order valence-corrected chi connectivity index (χ3v) is 5.52. The second kappa shape index (κ2) is 5.23. The Morgan fingerprint density at radius 1 is 0.690 bits per heavy atom. The van der Waals surface area contributed by atoms with Crippen molar-refractivity contribution in [3.63, 3.8) is 0 Å². The highest BCUT2D eigenvalue weighted by Gasteiger charge is 2.20. The van der Waals surface area contributed by atoms with Gasteiger partial charge >= 0.3 is 0 Å². The van der Waals surface area contributed by atoms with Crippen molar-refractivity contribution in [1.82, 2.24) is 14.6 Å². The van der Waals surface area contributed by atoms with Gasteiger partial charge in [-0.15, -0.1) is 0 Å². The van der Waals surface area contributed by atoms with Crippen LogP contribution in [0.5, 0.6) is 0 Å². The molecule has 0 unspecified atom stereocenters. The predicted molar refractivity (Wildman–Crippen MR) is 113 cm³/mol. The Kier molecular flexibility index (Phi) is 2.68. The molecule has 0 spiro atoms. The number of hydrogen-bond acceptors (Lipinski definition) is 4. The first-order valence-corrected chi connectivity index (χ1v) is 9.44. The molecule has 7 aromatic rings. The molecule has 29 heavy (non-hydrogen) atoms. The lowest BCUT2D eigenvalue weighted by molar-refractivity contribution is 0.658. The van der Waals surface area contributed by atoms with Crippen molar-refractivity contribution in [3.8, 4) is 11.1 Å². The Hall–Kier alpha value is -4.12. The minimum Gasteiger partial charge on any atom is -0.456 e. The molecule has 0 atom stereocenters. The zero-order valence-electron chi connectivity index (χ0n) is 15.2. The summed E-state index contributed by atoms with van der Waals surface area (Å²) >= 11 is 0. The van der Waals surface area contributed by atoms with Crippen molar-refractivity contribution < 1.29 is 8.83 Å². The fourth-order valence-electron chi connectivity index (χ4n) is 4.31. The maximum absolute atomic E-state index is 6.26. The van der Waals surface area contributed by atoms with Crippen LogP contribution in [0.25, 0.3) is 60.9 Å². The van der Waals surface area contributed by atoms with Crippen molar-refractivity contribution in [3.05, 3.63) is 79.0 Å². The topological polar surface area (TPSA) is 56.5 Å². The lowest BCUT2D eigenvalue weighted by Gasteiger charge is -2.05. The van der Waals surface area contributed by atoms with Gasteiger partial charge in [-0.3, -0.25) is 0 Å². The number of rotatable bonds is 1. The van der Waals surface area contributed by atoms with Crippen LogP contribution in [0, 0.1) is 0 Å². The van der Waals surface area contributed by atoms with E-state index in [4.69, 9.17) is 8.83 Å². The van der Waals surface area contributed by atoms with Gasteiger partial charge in [-0.2, -0.15) is 10.1 Å². The van der Waals surface area contributed by atoms with E-state index in [1.165, 1.54) is 0 Å². The fourth-order valence-corrected chi connectivity index (χ4v) is 4.31. The minimum atomic E-state index is 0.593. The first kappa shape index (κ1) is 14.9. The number of para-hydroxylation sites is 2. The van der Waals surface area contributed by atoms with Crippen molar-refractivity contribution in [2.75, 3.05) is 0 Å². The van der Waals surface area contributed by atoms with Gasteiger partial charge in [0.25, 0.3) is 0 Å². The standard InChI is InChI=1S/C24H13N3O2/c1-2-10-18-16(6-1)21-14(7-4-11-19(21)28-18)15-8-3-9-17-22-24(29-23(15)17)26-20-12-5-13-25-27(20)22/h1-13H. The summed E-state index contributed by atoms with van der Waals surface area (Å²) in [6.45, 7) is 0. The molecule has 136 valence electrons. The van der Waals surface area contributed by atoms with E-state index in [9.17, 15) is 0 Å². The number of imidazole rings is 1. The first-order valence-electron chi connectivity index (χ1n) is 9.44. The smallest absolute Gasteiger partial charge is 0.248 e. The molecule has 0 saturated carbocycles. The van der Waals surface area contributed by atoms with Gasteiger partial charge < -0.3 is 8.83 Å². The highest BCUT2D eigenvalue weighted by atomic mass is 16.3. The maximum Gasteiger partial charge on any atom is 0.248 e. The Bertz CT molecular complexity index is 1720. The highest BCUT2D eigenvalue weighted by Crippen LogP contribution is 2.41. The number of fused-ring (bicyclic) bond motifs is 8. The quantitative estimate of drug-likeness (QED) is 0.343. The minimum absolute atomic E-state index is 0.593. The van der Waals surface area contributed by atoms with Crippen molar-refractivity contribution in [1.29, 1.82) is 0 Å². The zero-order valence-corrected chi connectivity index (χ0v) is 15.2. The van der Waals surface area contributed by atoms with Gasteiger partial charge in [0.05, 0.1) is 0 Å². The molecular weight excluding hydrogens is 362 g/mol.